The molecular formula is C16H13+. The summed E-state index contributed by atoms with van der Waals surface area (Å²) < 4.78 is 0. The van der Waals surface area contributed by atoms with Gasteiger partial charge >= 0.3 is 0 Å². The fourth-order valence-electron chi connectivity index (χ4n) is 3.15. The van der Waals surface area contributed by atoms with Crippen molar-refractivity contribution < 1.29 is 0 Å². The summed E-state index contributed by atoms with van der Waals surface area (Å²) in [5.41, 5.74) is 7.48. The zero-order chi connectivity index (χ0) is 10.7. The number of hydrogen-bond donors (Lipinski definition) is 0. The highest BCUT2D eigenvalue weighted by molar-refractivity contribution is 6.04. The van der Waals surface area contributed by atoms with Crippen LogP contribution in [0.2, 0.25) is 0 Å². The molecule has 0 saturated heterocycles. The number of allylic oxidation sites excluding steroid dienone is 2. The van der Waals surface area contributed by atoms with Gasteiger partial charge in [0, 0.05) is 17.4 Å². The summed E-state index contributed by atoms with van der Waals surface area (Å²) in [6.45, 7) is 2.21. The molecule has 0 bridgehead atoms. The second-order valence-corrected chi connectivity index (χ2v) is 4.87. The first-order valence-corrected chi connectivity index (χ1v) is 5.91. The lowest BCUT2D eigenvalue weighted by Gasteiger charge is -2.09. The van der Waals surface area contributed by atoms with E-state index in [4.69, 9.17) is 0 Å². The number of aryl methyl sites for hydroxylation is 1. The molecular weight excluding hydrogens is 192 g/mol. The summed E-state index contributed by atoms with van der Waals surface area (Å²) >= 11 is 0. The van der Waals surface area contributed by atoms with Crippen molar-refractivity contribution in [2.45, 2.75) is 19.8 Å². The van der Waals surface area contributed by atoms with Gasteiger partial charge in [0.1, 0.15) is 0 Å². The maximum absolute atomic E-state index is 2.32. The molecule has 2 aromatic rings. The van der Waals surface area contributed by atoms with Gasteiger partial charge in [0.05, 0.1) is 30.1 Å². The van der Waals surface area contributed by atoms with E-state index in [0.717, 1.165) is 12.8 Å². The molecule has 0 unspecified atom stereocenters. The molecule has 0 N–H and O–H groups in total. The van der Waals surface area contributed by atoms with Crippen LogP contribution in [0.25, 0.3) is 16.3 Å². The Bertz CT molecular complexity index is 645. The molecule has 2 aliphatic carbocycles. The molecule has 0 heterocycles. The molecule has 0 fully saturated rings. The van der Waals surface area contributed by atoms with E-state index in [1.165, 1.54) is 33.0 Å². The van der Waals surface area contributed by atoms with Crippen LogP contribution >= 0.6 is 0 Å². The van der Waals surface area contributed by atoms with Crippen LogP contribution in [0.5, 0.6) is 0 Å². The maximum Gasteiger partial charge on any atom is 0.0982 e. The molecule has 16 heavy (non-hydrogen) atoms. The zero-order valence-electron chi connectivity index (χ0n) is 9.38. The highest BCUT2D eigenvalue weighted by Gasteiger charge is 2.30. The Morgan fingerprint density at radius 3 is 2.88 bits per heavy atom. The Morgan fingerprint density at radius 2 is 1.94 bits per heavy atom. The second kappa shape index (κ2) is 2.70. The fourth-order valence-corrected chi connectivity index (χ4v) is 3.15. The van der Waals surface area contributed by atoms with Crippen molar-refractivity contribution in [1.82, 2.24) is 0 Å². The molecule has 0 aromatic heterocycles. The minimum atomic E-state index is 1.10. The molecule has 0 radical (unpaired) electrons. The molecule has 0 nitrogen and oxygen atoms in total. The topological polar surface area (TPSA) is 0 Å². The van der Waals surface area contributed by atoms with Gasteiger partial charge < -0.3 is 0 Å². The van der Waals surface area contributed by atoms with Crippen molar-refractivity contribution in [1.29, 1.82) is 0 Å². The van der Waals surface area contributed by atoms with E-state index in [1.807, 2.05) is 0 Å². The van der Waals surface area contributed by atoms with E-state index >= 15 is 0 Å². The van der Waals surface area contributed by atoms with Crippen LogP contribution in [0.1, 0.15) is 22.3 Å². The Labute approximate surface area is 95.6 Å². The third kappa shape index (κ3) is 0.880. The van der Waals surface area contributed by atoms with Crippen molar-refractivity contribution >= 4 is 16.3 Å². The molecule has 4 rings (SSSR count). The van der Waals surface area contributed by atoms with Crippen LogP contribution in [0, 0.1) is 13.3 Å². The average molecular weight is 205 g/mol. The quantitative estimate of drug-likeness (QED) is 0.573. The molecule has 0 amide bonds. The number of rotatable bonds is 0. The standard InChI is InChI=1S/C16H13/c1-10-5-6-13-9-12-4-2-3-11-7-8-14(10)16(13)15(11)12/h2,4-8H,3,9H2,1H3/q+1. The second-order valence-electron chi connectivity index (χ2n) is 4.87. The van der Waals surface area contributed by atoms with Crippen molar-refractivity contribution in [2.24, 2.45) is 0 Å². The van der Waals surface area contributed by atoms with Gasteiger partial charge in [0.15, 0.2) is 0 Å². The Balaban J connectivity index is 2.27. The smallest absolute Gasteiger partial charge is 0.0583 e. The highest BCUT2D eigenvalue weighted by Crippen LogP contribution is 2.43. The normalized spacial score (nSPS) is 16.2. The van der Waals surface area contributed by atoms with Gasteiger partial charge in [0.25, 0.3) is 0 Å². The van der Waals surface area contributed by atoms with Crippen LogP contribution < -0.4 is 0 Å². The fraction of sp³-hybridized carbons (Fsp3) is 0.188. The molecule has 0 saturated carbocycles. The average Bonchev–Trinajstić information content (AvgIpc) is 2.69. The van der Waals surface area contributed by atoms with Gasteiger partial charge in [-0.3, -0.25) is 0 Å². The summed E-state index contributed by atoms with van der Waals surface area (Å²) in [5.74, 6) is 0. The molecule has 0 atom stereocenters. The predicted molar refractivity (Wildman–Crippen MR) is 68.4 cm³/mol. The Kier molecular flexibility index (Phi) is 1.43. The van der Waals surface area contributed by atoms with E-state index in [2.05, 4.69) is 43.7 Å². The first kappa shape index (κ1) is 8.46. The van der Waals surface area contributed by atoms with Gasteiger partial charge in [-0.1, -0.05) is 24.3 Å². The molecule has 76 valence electrons. The first-order valence-electron chi connectivity index (χ1n) is 5.91. The monoisotopic (exact) mass is 205 g/mol. The lowest BCUT2D eigenvalue weighted by molar-refractivity contribution is 1.16. The van der Waals surface area contributed by atoms with E-state index in [9.17, 15) is 0 Å². The predicted octanol–water partition coefficient (Wildman–Crippen LogP) is 3.85. The number of hydrogen-bond acceptors (Lipinski definition) is 0. The van der Waals surface area contributed by atoms with Gasteiger partial charge in [0.2, 0.25) is 0 Å². The molecule has 2 aliphatic rings. The number of benzene rings is 2. The summed E-state index contributed by atoms with van der Waals surface area (Å²) in [5, 5.41) is 2.97. The van der Waals surface area contributed by atoms with E-state index in [-0.39, 0.29) is 0 Å². The van der Waals surface area contributed by atoms with Crippen LogP contribution in [0.4, 0.5) is 0 Å². The lowest BCUT2D eigenvalue weighted by atomic mass is 9.90. The summed E-state index contributed by atoms with van der Waals surface area (Å²) in [6, 6.07) is 9.17. The van der Waals surface area contributed by atoms with Gasteiger partial charge in [-0.2, -0.15) is 0 Å². The minimum Gasteiger partial charge on any atom is -0.0583 e. The molecule has 0 heteroatoms. The first-order chi connectivity index (χ1) is 7.84. The van der Waals surface area contributed by atoms with Gasteiger partial charge in [-0.25, -0.2) is 0 Å². The molecule has 2 aromatic carbocycles. The zero-order valence-corrected chi connectivity index (χ0v) is 9.38. The maximum atomic E-state index is 2.32. The Morgan fingerprint density at radius 1 is 1.06 bits per heavy atom. The minimum absolute atomic E-state index is 1.10. The van der Waals surface area contributed by atoms with E-state index < -0.39 is 0 Å². The van der Waals surface area contributed by atoms with Crippen molar-refractivity contribution in [3.63, 3.8) is 0 Å². The Hall–Kier alpha value is -1.69. The highest BCUT2D eigenvalue weighted by atomic mass is 14.3. The van der Waals surface area contributed by atoms with Crippen LogP contribution in [0.3, 0.4) is 0 Å². The van der Waals surface area contributed by atoms with Crippen LogP contribution in [0.15, 0.2) is 30.3 Å². The third-order valence-corrected chi connectivity index (χ3v) is 3.93. The third-order valence-electron chi connectivity index (χ3n) is 3.93. The van der Waals surface area contributed by atoms with Crippen LogP contribution in [-0.4, -0.2) is 0 Å². The lowest BCUT2D eigenvalue weighted by Crippen LogP contribution is -1.97. The van der Waals surface area contributed by atoms with E-state index in [0.29, 0.717) is 0 Å². The van der Waals surface area contributed by atoms with Crippen LogP contribution in [-0.2, 0) is 12.8 Å². The summed E-state index contributed by atoms with van der Waals surface area (Å²) in [7, 11) is 0. The van der Waals surface area contributed by atoms with Gasteiger partial charge in [-0.05, 0) is 23.4 Å². The van der Waals surface area contributed by atoms with Crippen molar-refractivity contribution in [2.75, 3.05) is 0 Å². The largest absolute Gasteiger partial charge is 0.0982 e. The summed E-state index contributed by atoms with van der Waals surface area (Å²) in [4.78, 5) is 0. The molecule has 0 spiro atoms. The van der Waals surface area contributed by atoms with Gasteiger partial charge in [-0.15, -0.1) is 0 Å². The summed E-state index contributed by atoms with van der Waals surface area (Å²) in [6.07, 6.45) is 6.83. The molecule has 0 aliphatic heterocycles. The van der Waals surface area contributed by atoms with E-state index in [1.54, 1.807) is 5.56 Å². The van der Waals surface area contributed by atoms with Crippen molar-refractivity contribution in [3.05, 3.63) is 59.0 Å². The SMILES string of the molecule is Cc1ccc2c3c4c(ccc13)C[CH+]C=C4C2. The van der Waals surface area contributed by atoms with Crippen molar-refractivity contribution in [3.8, 4) is 0 Å².